The molecule has 1 aliphatic heterocycles. The zero-order valence-corrected chi connectivity index (χ0v) is 12.6. The maximum absolute atomic E-state index is 9.64. The number of aliphatic hydroxyl groups excluding tert-OH is 1. The molecule has 2 rings (SSSR count). The SMILES string of the molecule is CC(CC1CCCCCN1)NCC1(CO)CCCC1. The summed E-state index contributed by atoms with van der Waals surface area (Å²) in [6, 6.07) is 1.25. The highest BCUT2D eigenvalue weighted by Gasteiger charge is 2.33. The van der Waals surface area contributed by atoms with Crippen molar-refractivity contribution in [1.82, 2.24) is 10.6 Å². The maximum atomic E-state index is 9.64. The molecule has 1 heterocycles. The van der Waals surface area contributed by atoms with Gasteiger partial charge in [0, 0.05) is 30.7 Å². The highest BCUT2D eigenvalue weighted by Crippen LogP contribution is 2.37. The Morgan fingerprint density at radius 1 is 1.21 bits per heavy atom. The second kappa shape index (κ2) is 7.61. The summed E-state index contributed by atoms with van der Waals surface area (Å²) in [6.07, 6.45) is 11.6. The molecular formula is C16H32N2O. The Bertz CT molecular complexity index is 243. The summed E-state index contributed by atoms with van der Waals surface area (Å²) >= 11 is 0. The van der Waals surface area contributed by atoms with E-state index in [4.69, 9.17) is 0 Å². The summed E-state index contributed by atoms with van der Waals surface area (Å²) in [7, 11) is 0. The molecule has 0 bridgehead atoms. The molecule has 2 unspecified atom stereocenters. The summed E-state index contributed by atoms with van der Waals surface area (Å²) in [6.45, 7) is 4.84. The maximum Gasteiger partial charge on any atom is 0.0499 e. The fourth-order valence-corrected chi connectivity index (χ4v) is 3.72. The van der Waals surface area contributed by atoms with Crippen LogP contribution in [0.15, 0.2) is 0 Å². The summed E-state index contributed by atoms with van der Waals surface area (Å²) in [5.74, 6) is 0. The van der Waals surface area contributed by atoms with Gasteiger partial charge >= 0.3 is 0 Å². The van der Waals surface area contributed by atoms with Crippen LogP contribution in [0.25, 0.3) is 0 Å². The van der Waals surface area contributed by atoms with Crippen molar-refractivity contribution < 1.29 is 5.11 Å². The molecule has 0 radical (unpaired) electrons. The van der Waals surface area contributed by atoms with Crippen molar-refractivity contribution >= 4 is 0 Å². The summed E-state index contributed by atoms with van der Waals surface area (Å²) in [5.41, 5.74) is 0.186. The fraction of sp³-hybridized carbons (Fsp3) is 1.00. The smallest absolute Gasteiger partial charge is 0.0499 e. The van der Waals surface area contributed by atoms with Crippen LogP contribution in [0.1, 0.15) is 64.7 Å². The van der Waals surface area contributed by atoms with Crippen molar-refractivity contribution in [3.8, 4) is 0 Å². The molecule has 2 fully saturated rings. The van der Waals surface area contributed by atoms with Crippen LogP contribution in [0, 0.1) is 5.41 Å². The first-order valence-electron chi connectivity index (χ1n) is 8.32. The number of hydrogen-bond acceptors (Lipinski definition) is 3. The molecule has 3 heteroatoms. The molecule has 0 aromatic heterocycles. The van der Waals surface area contributed by atoms with E-state index in [0.29, 0.717) is 18.7 Å². The molecular weight excluding hydrogens is 236 g/mol. The molecule has 112 valence electrons. The van der Waals surface area contributed by atoms with Gasteiger partial charge < -0.3 is 15.7 Å². The van der Waals surface area contributed by atoms with Gasteiger partial charge in [-0.2, -0.15) is 0 Å². The average Bonchev–Trinajstić information content (AvgIpc) is 2.75. The molecule has 1 saturated carbocycles. The highest BCUT2D eigenvalue weighted by atomic mass is 16.3. The van der Waals surface area contributed by atoms with Gasteiger partial charge in [-0.1, -0.05) is 25.7 Å². The lowest BCUT2D eigenvalue weighted by molar-refractivity contribution is 0.124. The number of aliphatic hydroxyl groups is 1. The van der Waals surface area contributed by atoms with Crippen LogP contribution >= 0.6 is 0 Å². The second-order valence-corrected chi connectivity index (χ2v) is 6.88. The first-order chi connectivity index (χ1) is 9.24. The monoisotopic (exact) mass is 268 g/mol. The van der Waals surface area contributed by atoms with Crippen LogP contribution in [-0.2, 0) is 0 Å². The van der Waals surface area contributed by atoms with E-state index in [1.807, 2.05) is 0 Å². The molecule has 2 atom stereocenters. The van der Waals surface area contributed by atoms with Gasteiger partial charge in [-0.3, -0.25) is 0 Å². The van der Waals surface area contributed by atoms with Gasteiger partial charge in [0.15, 0.2) is 0 Å². The van der Waals surface area contributed by atoms with Crippen LogP contribution in [0.3, 0.4) is 0 Å². The number of hydrogen-bond donors (Lipinski definition) is 3. The second-order valence-electron chi connectivity index (χ2n) is 6.88. The molecule has 0 aromatic rings. The van der Waals surface area contributed by atoms with Gasteiger partial charge in [-0.15, -0.1) is 0 Å². The van der Waals surface area contributed by atoms with Gasteiger partial charge in [-0.25, -0.2) is 0 Å². The first kappa shape index (κ1) is 15.3. The third-order valence-electron chi connectivity index (χ3n) is 5.13. The third-order valence-corrected chi connectivity index (χ3v) is 5.13. The van der Waals surface area contributed by atoms with Gasteiger partial charge in [0.2, 0.25) is 0 Å². The minimum absolute atomic E-state index is 0.186. The molecule has 1 aliphatic carbocycles. The van der Waals surface area contributed by atoms with Crippen LogP contribution in [0.5, 0.6) is 0 Å². The summed E-state index contributed by atoms with van der Waals surface area (Å²) < 4.78 is 0. The summed E-state index contributed by atoms with van der Waals surface area (Å²) in [5, 5.41) is 17.0. The average molecular weight is 268 g/mol. The zero-order chi connectivity index (χ0) is 13.6. The Kier molecular flexibility index (Phi) is 6.11. The lowest BCUT2D eigenvalue weighted by Crippen LogP contribution is -2.42. The lowest BCUT2D eigenvalue weighted by atomic mass is 9.87. The van der Waals surface area contributed by atoms with Crippen molar-refractivity contribution in [3.05, 3.63) is 0 Å². The molecule has 0 aromatic carbocycles. The molecule has 19 heavy (non-hydrogen) atoms. The van der Waals surface area contributed by atoms with E-state index in [1.165, 1.54) is 64.3 Å². The predicted octanol–water partition coefficient (Wildman–Crippen LogP) is 2.44. The quantitative estimate of drug-likeness (QED) is 0.693. The normalized spacial score (nSPS) is 29.1. The van der Waals surface area contributed by atoms with Crippen molar-refractivity contribution in [2.24, 2.45) is 5.41 Å². The van der Waals surface area contributed by atoms with Gasteiger partial charge in [-0.05, 0) is 45.6 Å². The van der Waals surface area contributed by atoms with E-state index < -0.39 is 0 Å². The Labute approximate surface area is 118 Å². The van der Waals surface area contributed by atoms with E-state index in [9.17, 15) is 5.11 Å². The van der Waals surface area contributed by atoms with Crippen molar-refractivity contribution in [1.29, 1.82) is 0 Å². The van der Waals surface area contributed by atoms with Crippen LogP contribution in [-0.4, -0.2) is 36.9 Å². The molecule has 1 saturated heterocycles. The minimum atomic E-state index is 0.186. The Hall–Kier alpha value is -0.120. The topological polar surface area (TPSA) is 44.3 Å². The van der Waals surface area contributed by atoms with Gasteiger partial charge in [0.05, 0.1) is 0 Å². The predicted molar refractivity (Wildman–Crippen MR) is 80.3 cm³/mol. The van der Waals surface area contributed by atoms with E-state index in [0.717, 1.165) is 6.54 Å². The fourth-order valence-electron chi connectivity index (χ4n) is 3.72. The van der Waals surface area contributed by atoms with E-state index >= 15 is 0 Å². The van der Waals surface area contributed by atoms with Crippen LogP contribution < -0.4 is 10.6 Å². The van der Waals surface area contributed by atoms with E-state index in [2.05, 4.69) is 17.6 Å². The van der Waals surface area contributed by atoms with Gasteiger partial charge in [0.25, 0.3) is 0 Å². The molecule has 0 spiro atoms. The van der Waals surface area contributed by atoms with Gasteiger partial charge in [0.1, 0.15) is 0 Å². The highest BCUT2D eigenvalue weighted by molar-refractivity contribution is 4.87. The van der Waals surface area contributed by atoms with E-state index in [1.54, 1.807) is 0 Å². The summed E-state index contributed by atoms with van der Waals surface area (Å²) in [4.78, 5) is 0. The minimum Gasteiger partial charge on any atom is -0.396 e. The largest absolute Gasteiger partial charge is 0.396 e. The van der Waals surface area contributed by atoms with Crippen LogP contribution in [0.4, 0.5) is 0 Å². The molecule has 0 amide bonds. The Morgan fingerprint density at radius 2 is 2.00 bits per heavy atom. The molecule has 3 N–H and O–H groups in total. The van der Waals surface area contributed by atoms with Crippen molar-refractivity contribution in [2.45, 2.75) is 76.8 Å². The van der Waals surface area contributed by atoms with Crippen molar-refractivity contribution in [3.63, 3.8) is 0 Å². The zero-order valence-electron chi connectivity index (χ0n) is 12.6. The number of nitrogens with one attached hydrogen (secondary N) is 2. The standard InChI is InChI=1S/C16H32N2O/c1-14(11-15-7-3-2-6-10-17-15)18-12-16(13-19)8-4-5-9-16/h14-15,17-19H,2-13H2,1H3. The Balaban J connectivity index is 1.69. The third kappa shape index (κ3) is 4.73. The van der Waals surface area contributed by atoms with Crippen molar-refractivity contribution in [2.75, 3.05) is 19.7 Å². The Morgan fingerprint density at radius 3 is 2.74 bits per heavy atom. The first-order valence-corrected chi connectivity index (χ1v) is 8.32. The molecule has 3 nitrogen and oxygen atoms in total. The number of rotatable bonds is 6. The molecule has 2 aliphatic rings. The lowest BCUT2D eigenvalue weighted by Gasteiger charge is -2.30. The van der Waals surface area contributed by atoms with Crippen LogP contribution in [0.2, 0.25) is 0 Å². The van der Waals surface area contributed by atoms with E-state index in [-0.39, 0.29) is 5.41 Å².